The standard InChI is InChI=1S/C16H10BrNO2S/c17-13-3-1-2-12(8-13)14-9-21-15(18-14)10-4-6-11(7-5-10)16(19)20/h1-9H,(H,19,20). The number of aromatic nitrogens is 1. The fraction of sp³-hybridized carbons (Fsp3) is 0. The predicted octanol–water partition coefficient (Wildman–Crippen LogP) is 4.94. The number of halogens is 1. The topological polar surface area (TPSA) is 50.2 Å². The van der Waals surface area contributed by atoms with Crippen LogP contribution < -0.4 is 0 Å². The summed E-state index contributed by atoms with van der Waals surface area (Å²) in [6.45, 7) is 0. The van der Waals surface area contributed by atoms with Gasteiger partial charge in [0.15, 0.2) is 0 Å². The zero-order chi connectivity index (χ0) is 14.8. The highest BCUT2D eigenvalue weighted by atomic mass is 79.9. The van der Waals surface area contributed by atoms with Gasteiger partial charge in [-0.2, -0.15) is 0 Å². The van der Waals surface area contributed by atoms with Gasteiger partial charge in [-0.3, -0.25) is 0 Å². The summed E-state index contributed by atoms with van der Waals surface area (Å²) in [4.78, 5) is 15.5. The number of carboxylic acid groups (broad SMARTS) is 1. The Kier molecular flexibility index (Phi) is 3.86. The molecule has 0 fully saturated rings. The Morgan fingerprint density at radius 2 is 1.86 bits per heavy atom. The van der Waals surface area contributed by atoms with E-state index in [0.29, 0.717) is 0 Å². The first-order chi connectivity index (χ1) is 10.1. The first-order valence-corrected chi connectivity index (χ1v) is 7.86. The van der Waals surface area contributed by atoms with Crippen molar-refractivity contribution in [2.45, 2.75) is 0 Å². The van der Waals surface area contributed by atoms with Crippen LogP contribution in [0.15, 0.2) is 58.4 Å². The van der Waals surface area contributed by atoms with Gasteiger partial charge in [-0.1, -0.05) is 40.2 Å². The van der Waals surface area contributed by atoms with E-state index in [2.05, 4.69) is 20.9 Å². The van der Waals surface area contributed by atoms with Crippen LogP contribution in [0.5, 0.6) is 0 Å². The fourth-order valence-electron chi connectivity index (χ4n) is 1.94. The average molecular weight is 360 g/mol. The van der Waals surface area contributed by atoms with Crippen LogP contribution in [-0.4, -0.2) is 16.1 Å². The van der Waals surface area contributed by atoms with Crippen molar-refractivity contribution in [3.05, 3.63) is 63.9 Å². The van der Waals surface area contributed by atoms with Gasteiger partial charge in [-0.15, -0.1) is 11.3 Å². The molecular formula is C16H10BrNO2S. The van der Waals surface area contributed by atoms with Crippen LogP contribution >= 0.6 is 27.3 Å². The monoisotopic (exact) mass is 359 g/mol. The molecule has 0 radical (unpaired) electrons. The van der Waals surface area contributed by atoms with Gasteiger partial charge in [0.2, 0.25) is 0 Å². The van der Waals surface area contributed by atoms with Crippen molar-refractivity contribution in [2.24, 2.45) is 0 Å². The molecular weight excluding hydrogens is 350 g/mol. The molecule has 2 aromatic carbocycles. The summed E-state index contributed by atoms with van der Waals surface area (Å²) in [7, 11) is 0. The third-order valence-corrected chi connectivity index (χ3v) is 4.39. The maximum Gasteiger partial charge on any atom is 0.335 e. The lowest BCUT2D eigenvalue weighted by Gasteiger charge is -1.99. The smallest absolute Gasteiger partial charge is 0.335 e. The molecule has 0 saturated carbocycles. The van der Waals surface area contributed by atoms with Crippen LogP contribution in [0.4, 0.5) is 0 Å². The number of hydrogen-bond donors (Lipinski definition) is 1. The largest absolute Gasteiger partial charge is 0.478 e. The molecule has 0 bridgehead atoms. The minimum absolute atomic E-state index is 0.280. The van der Waals surface area contributed by atoms with E-state index in [1.54, 1.807) is 35.6 Å². The van der Waals surface area contributed by atoms with E-state index in [9.17, 15) is 4.79 Å². The minimum atomic E-state index is -0.921. The van der Waals surface area contributed by atoms with Crippen molar-refractivity contribution in [3.8, 4) is 21.8 Å². The third-order valence-electron chi connectivity index (χ3n) is 3.00. The molecule has 0 aliphatic rings. The van der Waals surface area contributed by atoms with Gasteiger partial charge in [0.05, 0.1) is 11.3 Å². The highest BCUT2D eigenvalue weighted by Crippen LogP contribution is 2.30. The second-order valence-electron chi connectivity index (χ2n) is 4.43. The predicted molar refractivity (Wildman–Crippen MR) is 87.6 cm³/mol. The molecule has 104 valence electrons. The summed E-state index contributed by atoms with van der Waals surface area (Å²) in [5.41, 5.74) is 3.17. The Bertz CT molecular complexity index is 796. The molecule has 5 heteroatoms. The van der Waals surface area contributed by atoms with E-state index < -0.39 is 5.97 Å². The van der Waals surface area contributed by atoms with Crippen LogP contribution in [0, 0.1) is 0 Å². The third kappa shape index (κ3) is 3.04. The first kappa shape index (κ1) is 14.0. The van der Waals surface area contributed by atoms with Gasteiger partial charge < -0.3 is 5.11 Å². The summed E-state index contributed by atoms with van der Waals surface area (Å²) < 4.78 is 1.01. The lowest BCUT2D eigenvalue weighted by atomic mass is 10.1. The Hall–Kier alpha value is -1.98. The molecule has 3 nitrogen and oxygen atoms in total. The maximum absolute atomic E-state index is 10.9. The highest BCUT2D eigenvalue weighted by molar-refractivity contribution is 9.10. The fourth-order valence-corrected chi connectivity index (χ4v) is 3.18. The second kappa shape index (κ2) is 5.79. The molecule has 1 heterocycles. The number of nitrogens with zero attached hydrogens (tertiary/aromatic N) is 1. The minimum Gasteiger partial charge on any atom is -0.478 e. The number of carboxylic acids is 1. The van der Waals surface area contributed by atoms with Crippen LogP contribution in [-0.2, 0) is 0 Å². The molecule has 3 aromatic rings. The molecule has 0 saturated heterocycles. The van der Waals surface area contributed by atoms with Crippen LogP contribution in [0.25, 0.3) is 21.8 Å². The summed E-state index contributed by atoms with van der Waals surface area (Å²) >= 11 is 5.00. The molecule has 0 unspecified atom stereocenters. The lowest BCUT2D eigenvalue weighted by molar-refractivity contribution is 0.0697. The summed E-state index contributed by atoms with van der Waals surface area (Å²) in [6.07, 6.45) is 0. The van der Waals surface area contributed by atoms with Crippen molar-refractivity contribution in [1.29, 1.82) is 0 Å². The number of benzene rings is 2. The van der Waals surface area contributed by atoms with Gasteiger partial charge in [-0.05, 0) is 24.3 Å². The first-order valence-electron chi connectivity index (χ1n) is 6.19. The number of hydrogen-bond acceptors (Lipinski definition) is 3. The van der Waals surface area contributed by atoms with E-state index in [1.165, 1.54) is 0 Å². The number of thiazole rings is 1. The van der Waals surface area contributed by atoms with Crippen molar-refractivity contribution in [3.63, 3.8) is 0 Å². The van der Waals surface area contributed by atoms with E-state index in [1.807, 2.05) is 29.6 Å². The van der Waals surface area contributed by atoms with Crippen LogP contribution in [0.1, 0.15) is 10.4 Å². The molecule has 1 N–H and O–H groups in total. The van der Waals surface area contributed by atoms with Gasteiger partial charge in [0.1, 0.15) is 5.01 Å². The Balaban J connectivity index is 1.93. The lowest BCUT2D eigenvalue weighted by Crippen LogP contribution is -1.94. The quantitative estimate of drug-likeness (QED) is 0.720. The van der Waals surface area contributed by atoms with Gasteiger partial charge in [0.25, 0.3) is 0 Å². The molecule has 0 aliphatic heterocycles. The molecule has 0 aliphatic carbocycles. The number of aromatic carboxylic acids is 1. The molecule has 3 rings (SSSR count). The number of carbonyl (C=O) groups is 1. The van der Waals surface area contributed by atoms with Crippen molar-refractivity contribution in [2.75, 3.05) is 0 Å². The number of rotatable bonds is 3. The van der Waals surface area contributed by atoms with Crippen LogP contribution in [0.3, 0.4) is 0 Å². The van der Waals surface area contributed by atoms with Crippen molar-refractivity contribution in [1.82, 2.24) is 4.98 Å². The summed E-state index contributed by atoms with van der Waals surface area (Å²) in [5.74, 6) is -0.921. The van der Waals surface area contributed by atoms with Crippen LogP contribution in [0.2, 0.25) is 0 Å². The molecule has 21 heavy (non-hydrogen) atoms. The van der Waals surface area contributed by atoms with E-state index >= 15 is 0 Å². The zero-order valence-electron chi connectivity index (χ0n) is 10.8. The van der Waals surface area contributed by atoms with E-state index in [4.69, 9.17) is 5.11 Å². The maximum atomic E-state index is 10.9. The molecule has 0 amide bonds. The summed E-state index contributed by atoms with van der Waals surface area (Å²) in [5, 5.41) is 11.8. The van der Waals surface area contributed by atoms with Gasteiger partial charge in [0, 0.05) is 21.0 Å². The molecule has 1 aromatic heterocycles. The van der Waals surface area contributed by atoms with E-state index in [0.717, 1.165) is 26.3 Å². The Morgan fingerprint density at radius 3 is 2.52 bits per heavy atom. The Morgan fingerprint density at radius 1 is 1.10 bits per heavy atom. The SMILES string of the molecule is O=C(O)c1ccc(-c2nc(-c3cccc(Br)c3)cs2)cc1. The second-order valence-corrected chi connectivity index (χ2v) is 6.20. The summed E-state index contributed by atoms with van der Waals surface area (Å²) in [6, 6.07) is 14.7. The highest BCUT2D eigenvalue weighted by Gasteiger charge is 2.08. The Labute approximate surface area is 134 Å². The zero-order valence-corrected chi connectivity index (χ0v) is 13.2. The molecule has 0 spiro atoms. The van der Waals surface area contributed by atoms with E-state index in [-0.39, 0.29) is 5.56 Å². The molecule has 0 atom stereocenters. The van der Waals surface area contributed by atoms with Crippen molar-refractivity contribution < 1.29 is 9.90 Å². The van der Waals surface area contributed by atoms with Crippen molar-refractivity contribution >= 4 is 33.2 Å². The van der Waals surface area contributed by atoms with Gasteiger partial charge >= 0.3 is 5.97 Å². The normalized spacial score (nSPS) is 10.5. The average Bonchev–Trinajstić information content (AvgIpc) is 2.97. The van der Waals surface area contributed by atoms with Gasteiger partial charge in [-0.25, -0.2) is 9.78 Å².